The number of carbonyl (C=O) groups excluding carboxylic acids is 2. The molecule has 0 aromatic carbocycles. The SMILES string of the molecule is CCCCCCCCCCCCCCCCCCCCCCCCCCCCCCCCCCCCCCCCCCCC(=O)OC(COC(=O)CCCCCCCCCCCCCCCCC)COP(=O)([O-])OCC[N+](C)(C)C. The van der Waals surface area contributed by atoms with E-state index in [1.54, 1.807) is 0 Å². The molecule has 0 aliphatic carbocycles. The lowest BCUT2D eigenvalue weighted by molar-refractivity contribution is -0.870. The number of quaternary nitrogens is 1. The van der Waals surface area contributed by atoms with Gasteiger partial charge in [-0.15, -0.1) is 0 Å². The van der Waals surface area contributed by atoms with Gasteiger partial charge in [-0.05, 0) is 12.8 Å². The number of esters is 2. The Kier molecular flexibility index (Phi) is 61.8. The zero-order chi connectivity index (χ0) is 58.4. The molecule has 80 heavy (non-hydrogen) atoms. The molecule has 0 aromatic rings. The predicted octanol–water partition coefficient (Wildman–Crippen LogP) is 22.3. The third-order valence-corrected chi connectivity index (χ3v) is 17.6. The van der Waals surface area contributed by atoms with E-state index in [9.17, 15) is 19.0 Å². The monoisotopic (exact) mass is 1150 g/mol. The fourth-order valence-corrected chi connectivity index (χ4v) is 11.9. The first kappa shape index (κ1) is 79.0. The van der Waals surface area contributed by atoms with Gasteiger partial charge in [-0.25, -0.2) is 0 Å². The number of ether oxygens (including phenoxy) is 2. The first-order valence-corrected chi connectivity index (χ1v) is 37.2. The Labute approximate surface area is 499 Å². The van der Waals surface area contributed by atoms with Gasteiger partial charge in [-0.3, -0.25) is 14.2 Å². The molecule has 0 aliphatic rings. The van der Waals surface area contributed by atoms with E-state index in [0.717, 1.165) is 32.1 Å². The minimum atomic E-state index is -4.63. The van der Waals surface area contributed by atoms with Crippen LogP contribution in [0.2, 0.25) is 0 Å². The van der Waals surface area contributed by atoms with Crippen LogP contribution in [0.25, 0.3) is 0 Å². The van der Waals surface area contributed by atoms with Crippen molar-refractivity contribution in [3.8, 4) is 0 Å². The molecule has 0 spiro atoms. The van der Waals surface area contributed by atoms with Crippen molar-refractivity contribution in [1.29, 1.82) is 0 Å². The number of rotatable bonds is 68. The fourth-order valence-electron chi connectivity index (χ4n) is 11.1. The number of hydrogen-bond donors (Lipinski definition) is 0. The van der Waals surface area contributed by atoms with Crippen LogP contribution >= 0.6 is 7.82 Å². The second kappa shape index (κ2) is 62.5. The van der Waals surface area contributed by atoms with E-state index >= 15 is 0 Å². The minimum absolute atomic E-state index is 0.0250. The zero-order valence-corrected chi connectivity index (χ0v) is 55.5. The van der Waals surface area contributed by atoms with Crippen LogP contribution in [0.5, 0.6) is 0 Å². The molecule has 0 rings (SSSR count). The maximum Gasteiger partial charge on any atom is 0.306 e. The molecule has 0 aromatic heterocycles. The van der Waals surface area contributed by atoms with E-state index < -0.39 is 26.5 Å². The summed E-state index contributed by atoms with van der Waals surface area (Å²) in [4.78, 5) is 37.9. The van der Waals surface area contributed by atoms with Gasteiger partial charge in [0.25, 0.3) is 7.82 Å². The Morgan fingerprint density at radius 3 is 0.800 bits per heavy atom. The van der Waals surface area contributed by atoms with Crippen molar-refractivity contribution in [2.45, 2.75) is 392 Å². The Hall–Kier alpha value is -0.990. The lowest BCUT2D eigenvalue weighted by atomic mass is 10.0. The second-order valence-corrected chi connectivity index (χ2v) is 27.4. The first-order chi connectivity index (χ1) is 39.0. The van der Waals surface area contributed by atoms with E-state index in [-0.39, 0.29) is 32.0 Å². The van der Waals surface area contributed by atoms with Crippen LogP contribution in [0.4, 0.5) is 0 Å². The van der Waals surface area contributed by atoms with Crippen LogP contribution in [0, 0.1) is 0 Å². The number of carbonyl (C=O) groups is 2. The molecule has 0 aliphatic heterocycles. The largest absolute Gasteiger partial charge is 0.756 e. The van der Waals surface area contributed by atoms with Crippen LogP contribution in [-0.4, -0.2) is 70.0 Å². The van der Waals surface area contributed by atoms with Gasteiger partial charge >= 0.3 is 11.9 Å². The molecule has 2 unspecified atom stereocenters. The quantitative estimate of drug-likeness (QED) is 0.0256. The van der Waals surface area contributed by atoms with E-state index in [0.29, 0.717) is 17.4 Å². The van der Waals surface area contributed by atoms with Crippen LogP contribution < -0.4 is 4.89 Å². The summed E-state index contributed by atoms with van der Waals surface area (Å²) in [6.45, 7) is 4.32. The molecule has 9 nitrogen and oxygen atoms in total. The topological polar surface area (TPSA) is 111 Å². The summed E-state index contributed by atoms with van der Waals surface area (Å²) in [6.07, 6.45) is 75.1. The molecule has 0 saturated heterocycles. The van der Waals surface area contributed by atoms with Gasteiger partial charge in [0.05, 0.1) is 27.7 Å². The number of likely N-dealkylation sites (N-methyl/N-ethyl adjacent to an activating group) is 1. The average Bonchev–Trinajstić information content (AvgIpc) is 3.42. The zero-order valence-electron chi connectivity index (χ0n) is 54.6. The number of unbranched alkanes of at least 4 members (excludes halogenated alkanes) is 54. The molecule has 478 valence electrons. The predicted molar refractivity (Wildman–Crippen MR) is 342 cm³/mol. The van der Waals surface area contributed by atoms with Gasteiger partial charge in [-0.1, -0.05) is 361 Å². The summed E-state index contributed by atoms with van der Waals surface area (Å²) in [7, 11) is 1.19. The summed E-state index contributed by atoms with van der Waals surface area (Å²) < 4.78 is 34.2. The average molecular weight is 1150 g/mol. The van der Waals surface area contributed by atoms with Crippen molar-refractivity contribution >= 4 is 19.8 Å². The Morgan fingerprint density at radius 2 is 0.562 bits per heavy atom. The van der Waals surface area contributed by atoms with Gasteiger partial charge < -0.3 is 27.9 Å². The van der Waals surface area contributed by atoms with Gasteiger partial charge in [0.15, 0.2) is 6.10 Å². The van der Waals surface area contributed by atoms with Crippen molar-refractivity contribution in [1.82, 2.24) is 0 Å². The molecule has 0 heterocycles. The van der Waals surface area contributed by atoms with Crippen LogP contribution in [0.15, 0.2) is 0 Å². The van der Waals surface area contributed by atoms with Crippen molar-refractivity contribution in [3.05, 3.63) is 0 Å². The number of hydrogen-bond acceptors (Lipinski definition) is 8. The maximum atomic E-state index is 12.8. The molecule has 0 N–H and O–H groups in total. The smallest absolute Gasteiger partial charge is 0.306 e. The lowest BCUT2D eigenvalue weighted by Gasteiger charge is -2.28. The first-order valence-electron chi connectivity index (χ1n) is 35.7. The number of nitrogens with zero attached hydrogens (tertiary/aromatic N) is 1. The van der Waals surface area contributed by atoms with Crippen LogP contribution in [0.1, 0.15) is 386 Å². The van der Waals surface area contributed by atoms with Crippen molar-refractivity contribution in [2.24, 2.45) is 0 Å². The Bertz CT molecular complexity index is 1310. The molecule has 2 atom stereocenters. The summed E-state index contributed by atoms with van der Waals surface area (Å²) >= 11 is 0. The number of phosphoric acid groups is 1. The van der Waals surface area contributed by atoms with Gasteiger partial charge in [0.2, 0.25) is 0 Å². The highest BCUT2D eigenvalue weighted by molar-refractivity contribution is 7.45. The van der Waals surface area contributed by atoms with E-state index in [4.69, 9.17) is 18.5 Å². The highest BCUT2D eigenvalue weighted by Gasteiger charge is 2.22. The highest BCUT2D eigenvalue weighted by Crippen LogP contribution is 2.38. The Morgan fingerprint density at radius 1 is 0.338 bits per heavy atom. The summed E-state index contributed by atoms with van der Waals surface area (Å²) in [5, 5.41) is 0. The summed E-state index contributed by atoms with van der Waals surface area (Å²) in [6, 6.07) is 0. The second-order valence-electron chi connectivity index (χ2n) is 26.0. The summed E-state index contributed by atoms with van der Waals surface area (Å²) in [5.41, 5.74) is 0. The van der Waals surface area contributed by atoms with Gasteiger partial charge in [0.1, 0.15) is 19.8 Å². The van der Waals surface area contributed by atoms with Crippen molar-refractivity contribution in [2.75, 3.05) is 47.5 Å². The molecular weight excluding hydrogens is 1010 g/mol. The van der Waals surface area contributed by atoms with Crippen LogP contribution in [0.3, 0.4) is 0 Å². The Balaban J connectivity index is 3.80. The lowest BCUT2D eigenvalue weighted by Crippen LogP contribution is -2.37. The normalized spacial score (nSPS) is 13.0. The highest BCUT2D eigenvalue weighted by atomic mass is 31.2. The molecule has 0 fully saturated rings. The molecule has 0 radical (unpaired) electrons. The number of phosphoric ester groups is 1. The molecule has 0 saturated carbocycles. The standard InChI is InChI=1S/C70H140NO8P/c1-6-8-10-12-14-16-18-20-22-23-24-25-26-27-28-29-30-31-32-33-34-35-36-37-38-39-40-41-42-43-44-45-46-47-49-51-53-55-57-59-61-63-70(73)79-68(67-78-80(74,75)77-65-64-71(3,4)5)66-76-69(72)62-60-58-56-54-52-50-48-21-19-17-15-13-11-9-7-2/h68H,6-67H2,1-5H3. The third-order valence-electron chi connectivity index (χ3n) is 16.6. The molecule has 0 bridgehead atoms. The van der Waals surface area contributed by atoms with E-state index in [1.807, 2.05) is 21.1 Å². The molecule has 10 heteroatoms. The summed E-state index contributed by atoms with van der Waals surface area (Å²) in [5.74, 6) is -0.807. The van der Waals surface area contributed by atoms with Crippen LogP contribution in [-0.2, 0) is 32.7 Å². The van der Waals surface area contributed by atoms with Crippen molar-refractivity contribution < 1.29 is 42.1 Å². The van der Waals surface area contributed by atoms with Gasteiger partial charge in [0, 0.05) is 12.8 Å². The van der Waals surface area contributed by atoms with E-state index in [1.165, 1.54) is 321 Å². The fraction of sp³-hybridized carbons (Fsp3) is 0.971. The van der Waals surface area contributed by atoms with Crippen molar-refractivity contribution in [3.63, 3.8) is 0 Å². The maximum absolute atomic E-state index is 12.8. The molecular formula is C70H140NO8P. The molecule has 0 amide bonds. The van der Waals surface area contributed by atoms with E-state index in [2.05, 4.69) is 13.8 Å². The van der Waals surface area contributed by atoms with Gasteiger partial charge in [-0.2, -0.15) is 0 Å². The minimum Gasteiger partial charge on any atom is -0.756 e. The third kappa shape index (κ3) is 66.2.